The highest BCUT2D eigenvalue weighted by molar-refractivity contribution is 5.92. The number of anilines is 2. The van der Waals surface area contributed by atoms with Crippen LogP contribution in [0.4, 0.5) is 11.4 Å². The van der Waals surface area contributed by atoms with Gasteiger partial charge in [0.1, 0.15) is 5.75 Å². The number of benzene rings is 3. The van der Waals surface area contributed by atoms with Crippen LogP contribution in [-0.4, -0.2) is 49.5 Å². The number of carbonyl (C=O) groups excluding carboxylic acids is 2. The first-order chi connectivity index (χ1) is 18.0. The summed E-state index contributed by atoms with van der Waals surface area (Å²) < 4.78 is 5.64. The molecule has 1 N–H and O–H groups in total. The van der Waals surface area contributed by atoms with Crippen LogP contribution in [0.2, 0.25) is 0 Å². The van der Waals surface area contributed by atoms with Gasteiger partial charge in [-0.15, -0.1) is 0 Å². The Hall–Kier alpha value is -4.06. The second-order valence-corrected chi connectivity index (χ2v) is 9.32. The van der Waals surface area contributed by atoms with Gasteiger partial charge in [0.25, 0.3) is 5.91 Å². The Morgan fingerprint density at radius 3 is 2.24 bits per heavy atom. The van der Waals surface area contributed by atoms with Gasteiger partial charge in [0.2, 0.25) is 5.91 Å². The zero-order valence-electron chi connectivity index (χ0n) is 21.6. The number of rotatable bonds is 9. The van der Waals surface area contributed by atoms with E-state index in [1.165, 1.54) is 5.56 Å². The summed E-state index contributed by atoms with van der Waals surface area (Å²) in [6, 6.07) is 25.6. The minimum Gasteiger partial charge on any atom is -0.484 e. The van der Waals surface area contributed by atoms with Gasteiger partial charge in [0.15, 0.2) is 6.61 Å². The fourth-order valence-corrected chi connectivity index (χ4v) is 4.25. The lowest BCUT2D eigenvalue weighted by Gasteiger charge is -2.35. The molecule has 0 saturated carbocycles. The van der Waals surface area contributed by atoms with Gasteiger partial charge in [-0.25, -0.2) is 0 Å². The van der Waals surface area contributed by atoms with Crippen LogP contribution in [0.15, 0.2) is 84.9 Å². The Balaban J connectivity index is 1.21. The Kier molecular flexibility index (Phi) is 8.98. The number of nitrogens with zero attached hydrogens (tertiary/aromatic N) is 2. The monoisotopic (exact) mass is 497 g/mol. The van der Waals surface area contributed by atoms with E-state index >= 15 is 0 Å². The maximum atomic E-state index is 12.5. The molecular weight excluding hydrogens is 462 g/mol. The van der Waals surface area contributed by atoms with Crippen molar-refractivity contribution in [3.05, 3.63) is 96.1 Å². The van der Waals surface area contributed by atoms with Crippen molar-refractivity contribution < 1.29 is 14.3 Å². The molecule has 3 aromatic rings. The minimum absolute atomic E-state index is 0.0373. The van der Waals surface area contributed by atoms with Crippen LogP contribution in [0, 0.1) is 0 Å². The highest BCUT2D eigenvalue weighted by atomic mass is 16.5. The smallest absolute Gasteiger partial charge is 0.262 e. The summed E-state index contributed by atoms with van der Waals surface area (Å²) in [5.41, 5.74) is 4.09. The third kappa shape index (κ3) is 7.46. The number of ether oxygens (including phenoxy) is 1. The van der Waals surface area contributed by atoms with Gasteiger partial charge < -0.3 is 19.9 Å². The molecule has 1 aliphatic heterocycles. The van der Waals surface area contributed by atoms with E-state index < -0.39 is 0 Å². The SMILES string of the molecule is CC[C@@H](C)c1ccc(OCC(=O)Nc2ccc(N3CCN(C(=O)/C=C/c4ccccc4)CC3)cc2)cc1. The molecule has 1 aliphatic rings. The molecule has 0 bridgehead atoms. The van der Waals surface area contributed by atoms with Crippen molar-refractivity contribution >= 4 is 29.3 Å². The molecule has 1 fully saturated rings. The Labute approximate surface area is 219 Å². The molecular formula is C31H35N3O3. The predicted octanol–water partition coefficient (Wildman–Crippen LogP) is 5.58. The van der Waals surface area contributed by atoms with Gasteiger partial charge in [0.05, 0.1) is 0 Å². The third-order valence-electron chi connectivity index (χ3n) is 6.76. The number of carbonyl (C=O) groups is 2. The maximum Gasteiger partial charge on any atom is 0.262 e. The summed E-state index contributed by atoms with van der Waals surface area (Å²) in [7, 11) is 0. The first-order valence-electron chi connectivity index (χ1n) is 12.9. The normalized spacial score (nSPS) is 14.4. The largest absolute Gasteiger partial charge is 0.484 e. The molecule has 0 aromatic heterocycles. The molecule has 0 spiro atoms. The van der Waals surface area contributed by atoms with E-state index in [0.29, 0.717) is 24.8 Å². The second-order valence-electron chi connectivity index (χ2n) is 9.32. The molecule has 3 aromatic carbocycles. The Morgan fingerprint density at radius 2 is 1.59 bits per heavy atom. The van der Waals surface area contributed by atoms with Gasteiger partial charge in [-0.3, -0.25) is 9.59 Å². The summed E-state index contributed by atoms with van der Waals surface area (Å²) in [6.45, 7) is 7.19. The zero-order chi connectivity index (χ0) is 26.0. The third-order valence-corrected chi connectivity index (χ3v) is 6.76. The molecule has 1 heterocycles. The van der Waals surface area contributed by atoms with Crippen LogP contribution in [0.3, 0.4) is 0 Å². The maximum absolute atomic E-state index is 12.5. The molecule has 6 heteroatoms. The van der Waals surface area contributed by atoms with E-state index in [9.17, 15) is 9.59 Å². The molecule has 4 rings (SSSR count). The van der Waals surface area contributed by atoms with E-state index in [0.717, 1.165) is 36.4 Å². The van der Waals surface area contributed by atoms with Crippen LogP contribution < -0.4 is 15.0 Å². The van der Waals surface area contributed by atoms with Gasteiger partial charge in [-0.05, 0) is 65.9 Å². The highest BCUT2D eigenvalue weighted by Crippen LogP contribution is 2.22. The van der Waals surface area contributed by atoms with Gasteiger partial charge in [-0.2, -0.15) is 0 Å². The van der Waals surface area contributed by atoms with Crippen molar-refractivity contribution in [2.75, 3.05) is 43.0 Å². The lowest BCUT2D eigenvalue weighted by Crippen LogP contribution is -2.48. The first kappa shape index (κ1) is 26.0. The number of hydrogen-bond donors (Lipinski definition) is 1. The fraction of sp³-hybridized carbons (Fsp3) is 0.290. The Morgan fingerprint density at radius 1 is 0.919 bits per heavy atom. The summed E-state index contributed by atoms with van der Waals surface area (Å²) in [6.07, 6.45) is 4.59. The van der Waals surface area contributed by atoms with Crippen molar-refractivity contribution in [2.45, 2.75) is 26.2 Å². The average molecular weight is 498 g/mol. The first-order valence-corrected chi connectivity index (χ1v) is 12.9. The van der Waals surface area contributed by atoms with Crippen molar-refractivity contribution in [3.63, 3.8) is 0 Å². The molecule has 6 nitrogen and oxygen atoms in total. The Bertz CT molecular complexity index is 1180. The number of piperazine rings is 1. The van der Waals surface area contributed by atoms with Crippen LogP contribution >= 0.6 is 0 Å². The van der Waals surface area contributed by atoms with Gasteiger partial charge in [-0.1, -0.05) is 56.3 Å². The number of amides is 2. The van der Waals surface area contributed by atoms with E-state index in [4.69, 9.17) is 4.74 Å². The molecule has 1 atom stereocenters. The zero-order valence-corrected chi connectivity index (χ0v) is 21.6. The fourth-order valence-electron chi connectivity index (χ4n) is 4.25. The van der Waals surface area contributed by atoms with Gasteiger partial charge >= 0.3 is 0 Å². The summed E-state index contributed by atoms with van der Waals surface area (Å²) >= 11 is 0. The number of hydrogen-bond acceptors (Lipinski definition) is 4. The lowest BCUT2D eigenvalue weighted by atomic mass is 9.99. The minimum atomic E-state index is -0.200. The summed E-state index contributed by atoms with van der Waals surface area (Å²) in [5.74, 6) is 1.03. The standard InChI is InChI=1S/C31H35N3O3/c1-3-24(2)26-10-16-29(17-11-26)37-23-30(35)32-27-12-14-28(15-13-27)33-19-21-34(22-20-33)31(36)18-9-25-7-5-4-6-8-25/h4-18,24H,3,19-23H2,1-2H3,(H,32,35)/b18-9+/t24-/m1/s1. The predicted molar refractivity (Wildman–Crippen MR) is 150 cm³/mol. The molecule has 0 unspecified atom stereocenters. The summed E-state index contributed by atoms with van der Waals surface area (Å²) in [5, 5.41) is 2.89. The van der Waals surface area contributed by atoms with Crippen molar-refractivity contribution in [3.8, 4) is 5.75 Å². The number of nitrogens with one attached hydrogen (secondary N) is 1. The van der Waals surface area contributed by atoms with E-state index in [1.807, 2.05) is 77.7 Å². The molecule has 2 amide bonds. The quantitative estimate of drug-likeness (QED) is 0.392. The van der Waals surface area contributed by atoms with Crippen LogP contribution in [-0.2, 0) is 9.59 Å². The highest BCUT2D eigenvalue weighted by Gasteiger charge is 2.20. The molecule has 1 saturated heterocycles. The molecule has 37 heavy (non-hydrogen) atoms. The average Bonchev–Trinajstić information content (AvgIpc) is 2.95. The van der Waals surface area contributed by atoms with Crippen molar-refractivity contribution in [1.29, 1.82) is 0 Å². The van der Waals surface area contributed by atoms with Crippen LogP contribution in [0.1, 0.15) is 37.3 Å². The van der Waals surface area contributed by atoms with Crippen LogP contribution in [0.5, 0.6) is 5.75 Å². The topological polar surface area (TPSA) is 61.9 Å². The molecule has 0 aliphatic carbocycles. The van der Waals surface area contributed by atoms with Crippen LogP contribution in [0.25, 0.3) is 6.08 Å². The van der Waals surface area contributed by atoms with Crippen molar-refractivity contribution in [2.24, 2.45) is 0 Å². The summed E-state index contributed by atoms with van der Waals surface area (Å²) in [4.78, 5) is 29.0. The van der Waals surface area contributed by atoms with E-state index in [-0.39, 0.29) is 18.4 Å². The molecule has 192 valence electrons. The lowest BCUT2D eigenvalue weighted by molar-refractivity contribution is -0.126. The van der Waals surface area contributed by atoms with E-state index in [1.54, 1.807) is 6.08 Å². The van der Waals surface area contributed by atoms with Crippen molar-refractivity contribution in [1.82, 2.24) is 4.90 Å². The molecule has 0 radical (unpaired) electrons. The van der Waals surface area contributed by atoms with E-state index in [2.05, 4.69) is 36.2 Å². The second kappa shape index (κ2) is 12.8. The van der Waals surface area contributed by atoms with Gasteiger partial charge in [0, 0.05) is 43.6 Å².